The van der Waals surface area contributed by atoms with Crippen molar-refractivity contribution >= 4 is 41.3 Å². The maximum atomic E-state index is 5.85. The molecule has 0 aliphatic heterocycles. The molecule has 1 heterocycles. The molecule has 1 aromatic carbocycles. The summed E-state index contributed by atoms with van der Waals surface area (Å²) in [6.45, 7) is 7.49. The Morgan fingerprint density at radius 2 is 2.04 bits per heavy atom. The fourth-order valence-corrected chi connectivity index (χ4v) is 3.13. The van der Waals surface area contributed by atoms with Crippen LogP contribution in [-0.4, -0.2) is 39.4 Å². The van der Waals surface area contributed by atoms with Crippen molar-refractivity contribution in [1.82, 2.24) is 10.6 Å². The largest absolute Gasteiger partial charge is 0.491 e. The number of aliphatic imine (C=N–C) groups is 1. The summed E-state index contributed by atoms with van der Waals surface area (Å²) < 4.78 is 10.9. The average Bonchev–Trinajstić information content (AvgIpc) is 3.14. The van der Waals surface area contributed by atoms with Crippen LogP contribution < -0.4 is 15.4 Å². The molecule has 0 bridgehead atoms. The number of halogens is 1. The molecule has 150 valence electrons. The second-order valence-electron chi connectivity index (χ2n) is 5.96. The highest BCUT2D eigenvalue weighted by molar-refractivity contribution is 14.0. The molecule has 0 amide bonds. The Labute approximate surface area is 183 Å². The van der Waals surface area contributed by atoms with Crippen LogP contribution in [0.3, 0.4) is 0 Å². The van der Waals surface area contributed by atoms with Crippen LogP contribution in [0.4, 0.5) is 0 Å². The Morgan fingerprint density at radius 3 is 2.74 bits per heavy atom. The standard InChI is InChI=1S/C20H29N3O2S.HI/c1-4-21-20(22-9-7-17-8-12-26-15-17)23-14-18-6-5-16(2)13-19(18)25-11-10-24-3;/h5-6,8,12-13,15H,4,7,9-11,14H2,1-3H3,(H2,21,22,23);1H. The molecule has 0 aliphatic rings. The molecule has 0 unspecified atom stereocenters. The van der Waals surface area contributed by atoms with Gasteiger partial charge in [0, 0.05) is 25.8 Å². The summed E-state index contributed by atoms with van der Waals surface area (Å²) >= 11 is 1.73. The predicted molar refractivity (Wildman–Crippen MR) is 125 cm³/mol. The van der Waals surface area contributed by atoms with E-state index in [1.165, 1.54) is 11.1 Å². The second kappa shape index (κ2) is 13.8. The van der Waals surface area contributed by atoms with Gasteiger partial charge in [-0.25, -0.2) is 4.99 Å². The third-order valence-electron chi connectivity index (χ3n) is 3.81. The van der Waals surface area contributed by atoms with E-state index < -0.39 is 0 Å². The van der Waals surface area contributed by atoms with Crippen LogP contribution in [0.25, 0.3) is 0 Å². The summed E-state index contributed by atoms with van der Waals surface area (Å²) in [7, 11) is 1.68. The highest BCUT2D eigenvalue weighted by atomic mass is 127. The third-order valence-corrected chi connectivity index (χ3v) is 4.54. The molecule has 5 nitrogen and oxygen atoms in total. The molecule has 0 spiro atoms. The van der Waals surface area contributed by atoms with Crippen LogP contribution in [0, 0.1) is 6.92 Å². The van der Waals surface area contributed by atoms with E-state index in [0.29, 0.717) is 19.8 Å². The maximum absolute atomic E-state index is 5.85. The zero-order valence-electron chi connectivity index (χ0n) is 16.3. The first kappa shape index (κ1) is 23.7. The Hall–Kier alpha value is -1.32. The number of hydrogen-bond acceptors (Lipinski definition) is 4. The van der Waals surface area contributed by atoms with Crippen LogP contribution in [0.15, 0.2) is 40.0 Å². The first-order valence-corrected chi connectivity index (χ1v) is 9.91. The van der Waals surface area contributed by atoms with Gasteiger partial charge in [-0.1, -0.05) is 12.1 Å². The number of benzene rings is 1. The molecule has 27 heavy (non-hydrogen) atoms. The molecule has 0 saturated carbocycles. The second-order valence-corrected chi connectivity index (χ2v) is 6.74. The van der Waals surface area contributed by atoms with Gasteiger partial charge >= 0.3 is 0 Å². The number of aryl methyl sites for hydroxylation is 1. The van der Waals surface area contributed by atoms with E-state index in [0.717, 1.165) is 36.8 Å². The first-order valence-electron chi connectivity index (χ1n) is 8.97. The van der Waals surface area contributed by atoms with Crippen LogP contribution in [-0.2, 0) is 17.7 Å². The topological polar surface area (TPSA) is 54.9 Å². The lowest BCUT2D eigenvalue weighted by Crippen LogP contribution is -2.38. The predicted octanol–water partition coefficient (Wildman–Crippen LogP) is 4.00. The van der Waals surface area contributed by atoms with Crippen LogP contribution >= 0.6 is 35.3 Å². The minimum Gasteiger partial charge on any atom is -0.491 e. The first-order chi connectivity index (χ1) is 12.7. The minimum absolute atomic E-state index is 0. The van der Waals surface area contributed by atoms with E-state index in [1.54, 1.807) is 18.4 Å². The van der Waals surface area contributed by atoms with Crippen LogP contribution in [0.2, 0.25) is 0 Å². The van der Waals surface area contributed by atoms with Gasteiger partial charge in [0.15, 0.2) is 5.96 Å². The smallest absolute Gasteiger partial charge is 0.191 e. The molecule has 0 aliphatic carbocycles. The molecule has 2 N–H and O–H groups in total. The molecular formula is C20H30IN3O2S. The number of rotatable bonds is 10. The summed E-state index contributed by atoms with van der Waals surface area (Å²) in [5, 5.41) is 11.0. The Balaban J connectivity index is 0.00000364. The zero-order chi connectivity index (χ0) is 18.6. The minimum atomic E-state index is 0. The van der Waals surface area contributed by atoms with Crippen molar-refractivity contribution in [3.63, 3.8) is 0 Å². The molecule has 0 radical (unpaired) electrons. The van der Waals surface area contributed by atoms with Crippen LogP contribution in [0.5, 0.6) is 5.75 Å². The third kappa shape index (κ3) is 8.94. The van der Waals surface area contributed by atoms with Crippen LogP contribution in [0.1, 0.15) is 23.6 Å². The molecule has 0 atom stereocenters. The maximum Gasteiger partial charge on any atom is 0.191 e. The zero-order valence-corrected chi connectivity index (χ0v) is 19.4. The molecule has 2 rings (SSSR count). The number of nitrogens with one attached hydrogen (secondary N) is 2. The molecule has 1 aromatic heterocycles. The van der Waals surface area contributed by atoms with Crippen molar-refractivity contribution in [2.24, 2.45) is 4.99 Å². The fourth-order valence-electron chi connectivity index (χ4n) is 2.43. The number of guanidine groups is 1. The number of ether oxygens (including phenoxy) is 2. The van der Waals surface area contributed by atoms with Gasteiger partial charge < -0.3 is 20.1 Å². The van der Waals surface area contributed by atoms with Crippen molar-refractivity contribution < 1.29 is 9.47 Å². The average molecular weight is 503 g/mol. The van der Waals surface area contributed by atoms with E-state index in [9.17, 15) is 0 Å². The summed E-state index contributed by atoms with van der Waals surface area (Å²) in [6.07, 6.45) is 0.990. The van der Waals surface area contributed by atoms with Gasteiger partial charge in [0.2, 0.25) is 0 Å². The van der Waals surface area contributed by atoms with Crippen molar-refractivity contribution in [3.05, 3.63) is 51.7 Å². The molecule has 2 aromatic rings. The Kier molecular flexibility index (Phi) is 12.1. The highest BCUT2D eigenvalue weighted by Crippen LogP contribution is 2.21. The Morgan fingerprint density at radius 1 is 1.19 bits per heavy atom. The summed E-state index contributed by atoms with van der Waals surface area (Å²) in [5.41, 5.74) is 3.60. The lowest BCUT2D eigenvalue weighted by Gasteiger charge is -2.13. The summed E-state index contributed by atoms with van der Waals surface area (Å²) in [5.74, 6) is 1.70. The number of hydrogen-bond donors (Lipinski definition) is 2. The monoisotopic (exact) mass is 503 g/mol. The number of methoxy groups -OCH3 is 1. The number of thiophene rings is 1. The van der Waals surface area contributed by atoms with Crippen molar-refractivity contribution in [2.75, 3.05) is 33.4 Å². The van der Waals surface area contributed by atoms with E-state index >= 15 is 0 Å². The molecule has 7 heteroatoms. The van der Waals surface area contributed by atoms with E-state index in [2.05, 4.69) is 59.5 Å². The van der Waals surface area contributed by atoms with Gasteiger partial charge in [0.05, 0.1) is 13.2 Å². The fraction of sp³-hybridized carbons (Fsp3) is 0.450. The van der Waals surface area contributed by atoms with E-state index in [1.807, 2.05) is 0 Å². The van der Waals surface area contributed by atoms with Gasteiger partial charge in [-0.15, -0.1) is 24.0 Å². The van der Waals surface area contributed by atoms with Crippen molar-refractivity contribution in [2.45, 2.75) is 26.8 Å². The summed E-state index contributed by atoms with van der Waals surface area (Å²) in [4.78, 5) is 4.71. The molecule has 0 fully saturated rings. The Bertz CT molecular complexity index is 678. The van der Waals surface area contributed by atoms with Gasteiger partial charge in [0.1, 0.15) is 12.4 Å². The van der Waals surface area contributed by atoms with E-state index in [-0.39, 0.29) is 24.0 Å². The lowest BCUT2D eigenvalue weighted by atomic mass is 10.1. The van der Waals surface area contributed by atoms with Crippen molar-refractivity contribution in [3.8, 4) is 5.75 Å². The molecular weight excluding hydrogens is 473 g/mol. The van der Waals surface area contributed by atoms with Gasteiger partial charge in [-0.2, -0.15) is 11.3 Å². The number of nitrogens with zero attached hydrogens (tertiary/aromatic N) is 1. The normalized spacial score (nSPS) is 11.0. The highest BCUT2D eigenvalue weighted by Gasteiger charge is 2.05. The van der Waals surface area contributed by atoms with Gasteiger partial charge in [-0.3, -0.25) is 0 Å². The van der Waals surface area contributed by atoms with Gasteiger partial charge in [-0.05, 0) is 54.3 Å². The molecule has 0 saturated heterocycles. The summed E-state index contributed by atoms with van der Waals surface area (Å²) in [6, 6.07) is 8.38. The quantitative estimate of drug-likeness (QED) is 0.223. The SMILES string of the molecule is CCNC(=NCc1ccc(C)cc1OCCOC)NCCc1ccsc1.I. The van der Waals surface area contributed by atoms with Gasteiger partial charge in [0.25, 0.3) is 0 Å². The van der Waals surface area contributed by atoms with Crippen molar-refractivity contribution in [1.29, 1.82) is 0 Å². The van der Waals surface area contributed by atoms with E-state index in [4.69, 9.17) is 14.5 Å². The lowest BCUT2D eigenvalue weighted by molar-refractivity contribution is 0.145.